The average Bonchev–Trinajstić information content (AvgIpc) is 2.80. The second kappa shape index (κ2) is 11.8. The van der Waals surface area contributed by atoms with Gasteiger partial charge in [0.25, 0.3) is 5.91 Å². The molecule has 2 rings (SSSR count). The fourth-order valence-electron chi connectivity index (χ4n) is 2.57. The van der Waals surface area contributed by atoms with Crippen LogP contribution in [0.25, 0.3) is 0 Å². The number of Topliss-reactive ketones (excluding diaryl/α,β-unsaturated/α-hetero) is 1. The Balaban J connectivity index is 1.90. The van der Waals surface area contributed by atoms with Crippen LogP contribution >= 0.6 is 0 Å². The molecule has 0 aromatic heterocycles. The van der Waals surface area contributed by atoms with E-state index >= 15 is 0 Å². The summed E-state index contributed by atoms with van der Waals surface area (Å²) in [5.41, 5.74) is 4.23. The van der Waals surface area contributed by atoms with Gasteiger partial charge in [-0.3, -0.25) is 9.59 Å². The summed E-state index contributed by atoms with van der Waals surface area (Å²) in [5.74, 6) is -1.41. The zero-order chi connectivity index (χ0) is 26.2. The normalized spacial score (nSPS) is 12.7. The quantitative estimate of drug-likeness (QED) is 0.184. The van der Waals surface area contributed by atoms with Crippen molar-refractivity contribution in [2.45, 2.75) is 51.9 Å². The maximum absolute atomic E-state index is 12.6. The lowest BCUT2D eigenvalue weighted by Crippen LogP contribution is -2.43. The van der Waals surface area contributed by atoms with Gasteiger partial charge in [0.15, 0.2) is 12.4 Å². The molecule has 0 aliphatic rings. The maximum atomic E-state index is 12.6. The highest BCUT2D eigenvalue weighted by molar-refractivity contribution is 6.74. The number of hydrazone groups is 1. The number of carboxylic acid groups (broad SMARTS) is 1. The van der Waals surface area contributed by atoms with Crippen molar-refractivity contribution in [1.29, 1.82) is 0 Å². The van der Waals surface area contributed by atoms with Crippen molar-refractivity contribution in [1.82, 2.24) is 10.9 Å². The minimum atomic E-state index is -1.96. The predicted molar refractivity (Wildman–Crippen MR) is 136 cm³/mol. The molecule has 0 spiro atoms. The van der Waals surface area contributed by atoms with Crippen LogP contribution in [0, 0.1) is 0 Å². The summed E-state index contributed by atoms with van der Waals surface area (Å²) in [6.45, 7) is 11.8. The summed E-state index contributed by atoms with van der Waals surface area (Å²) in [4.78, 5) is 35.8. The largest absolute Gasteiger partial charge is 0.482 e. The molecule has 0 saturated heterocycles. The fourth-order valence-corrected chi connectivity index (χ4v) is 3.16. The Kier molecular flexibility index (Phi) is 9.32. The van der Waals surface area contributed by atoms with Gasteiger partial charge in [-0.05, 0) is 67.0 Å². The monoisotopic (exact) mass is 499 g/mol. The molecule has 2 aromatic carbocycles. The lowest BCUT2D eigenvalue weighted by Gasteiger charge is -2.34. The molecule has 1 amide bonds. The van der Waals surface area contributed by atoms with Gasteiger partial charge in [0.05, 0.1) is 12.3 Å². The van der Waals surface area contributed by atoms with E-state index < -0.39 is 26.9 Å². The molecule has 188 valence electrons. The molecule has 35 heavy (non-hydrogen) atoms. The van der Waals surface area contributed by atoms with Crippen molar-refractivity contribution >= 4 is 32.2 Å². The molecule has 10 heteroatoms. The van der Waals surface area contributed by atoms with Crippen molar-refractivity contribution in [2.75, 3.05) is 6.61 Å². The minimum absolute atomic E-state index is 0.0584. The molecule has 0 heterocycles. The van der Waals surface area contributed by atoms with Gasteiger partial charge < -0.3 is 19.7 Å². The number of hydrogen-bond donors (Lipinski definition) is 3. The van der Waals surface area contributed by atoms with Crippen molar-refractivity contribution in [3.8, 4) is 5.75 Å². The molecule has 0 saturated carbocycles. The molecule has 0 fully saturated rings. The van der Waals surface area contributed by atoms with E-state index in [-0.39, 0.29) is 16.7 Å². The summed E-state index contributed by atoms with van der Waals surface area (Å²) < 4.78 is 10.8. The van der Waals surface area contributed by atoms with E-state index in [9.17, 15) is 14.4 Å². The summed E-state index contributed by atoms with van der Waals surface area (Å²) in [6, 6.07) is 12.1. The van der Waals surface area contributed by atoms with Gasteiger partial charge >= 0.3 is 5.97 Å². The number of carbonyl (C=O) groups excluding carboxylic acids is 2. The van der Waals surface area contributed by atoms with Crippen molar-refractivity contribution < 1.29 is 28.8 Å². The van der Waals surface area contributed by atoms with Crippen molar-refractivity contribution in [3.05, 3.63) is 65.2 Å². The molecule has 3 N–H and O–H groups in total. The maximum Gasteiger partial charge on any atom is 0.341 e. The Labute approximate surface area is 206 Å². The lowest BCUT2D eigenvalue weighted by atomic mass is 10.0. The van der Waals surface area contributed by atoms with E-state index in [4.69, 9.17) is 14.4 Å². The summed E-state index contributed by atoms with van der Waals surface area (Å²) in [7, 11) is -1.96. The highest BCUT2D eigenvalue weighted by Gasteiger charge is 2.38. The van der Waals surface area contributed by atoms with Gasteiger partial charge in [0.1, 0.15) is 5.75 Å². The first-order valence-corrected chi connectivity index (χ1v) is 14.1. The Morgan fingerprint density at radius 3 is 2.14 bits per heavy atom. The molecule has 0 aliphatic heterocycles. The number of benzene rings is 2. The van der Waals surface area contributed by atoms with Gasteiger partial charge in [-0.1, -0.05) is 32.9 Å². The standard InChI is InChI=1S/C25H33N3O6Si/c1-17(23(31)19-11-13-21(14-12-19)33-16-22(29)30)27-24(32)20-9-7-18(8-10-20)15-26-28-34-35(5,6)25(2,3)4/h7-15,17,28H,16H2,1-6H3,(H,27,32)(H,29,30)/t17-/m1/s1. The van der Waals surface area contributed by atoms with Crippen LogP contribution in [0.2, 0.25) is 18.1 Å². The lowest BCUT2D eigenvalue weighted by molar-refractivity contribution is -0.139. The average molecular weight is 500 g/mol. The molecular formula is C25H33N3O6Si. The summed E-state index contributed by atoms with van der Waals surface area (Å²) in [6.07, 6.45) is 1.60. The number of ketones is 1. The molecule has 1 atom stereocenters. The van der Waals surface area contributed by atoms with Gasteiger partial charge in [-0.2, -0.15) is 10.7 Å². The Hall–Kier alpha value is -3.50. The van der Waals surface area contributed by atoms with Crippen LogP contribution in [0.4, 0.5) is 0 Å². The van der Waals surface area contributed by atoms with Crippen molar-refractivity contribution in [3.63, 3.8) is 0 Å². The Morgan fingerprint density at radius 2 is 1.60 bits per heavy atom. The Bertz CT molecular complexity index is 1060. The van der Waals surface area contributed by atoms with Gasteiger partial charge in [-0.25, -0.2) is 4.79 Å². The second-order valence-electron chi connectivity index (χ2n) is 9.60. The topological polar surface area (TPSA) is 126 Å². The highest BCUT2D eigenvalue weighted by Crippen LogP contribution is 2.35. The van der Waals surface area contributed by atoms with E-state index in [1.165, 1.54) is 24.3 Å². The predicted octanol–water partition coefficient (Wildman–Crippen LogP) is 4.01. The van der Waals surface area contributed by atoms with Gasteiger partial charge in [0, 0.05) is 11.1 Å². The van der Waals surface area contributed by atoms with E-state index in [1.807, 2.05) is 0 Å². The van der Waals surface area contributed by atoms with Gasteiger partial charge in [-0.15, -0.1) is 0 Å². The van der Waals surface area contributed by atoms with E-state index in [1.54, 1.807) is 37.4 Å². The highest BCUT2D eigenvalue weighted by atomic mass is 28.4. The molecule has 0 unspecified atom stereocenters. The van der Waals surface area contributed by atoms with Gasteiger partial charge in [0.2, 0.25) is 8.32 Å². The number of amides is 1. The second-order valence-corrected chi connectivity index (χ2v) is 14.3. The van der Waals surface area contributed by atoms with Crippen LogP contribution < -0.4 is 15.6 Å². The zero-order valence-corrected chi connectivity index (χ0v) is 21.9. The smallest absolute Gasteiger partial charge is 0.341 e. The number of carboxylic acids is 1. The van der Waals surface area contributed by atoms with E-state index in [0.717, 1.165) is 5.56 Å². The number of nitrogens with zero attached hydrogens (tertiary/aromatic N) is 1. The number of hydrogen-bond acceptors (Lipinski definition) is 7. The Morgan fingerprint density at radius 1 is 1.03 bits per heavy atom. The summed E-state index contributed by atoms with van der Waals surface area (Å²) in [5, 5.41) is 15.5. The molecular weight excluding hydrogens is 466 g/mol. The van der Waals surface area contributed by atoms with Crippen LogP contribution in [0.5, 0.6) is 5.75 Å². The molecule has 0 radical (unpaired) electrons. The molecule has 0 bridgehead atoms. The van der Waals surface area contributed by atoms with E-state index in [2.05, 4.69) is 49.9 Å². The number of aliphatic carboxylic acids is 1. The SMILES string of the molecule is C[C@@H](NC(=O)c1ccc(C=NNO[Si](C)(C)C(C)(C)C)cc1)C(=O)c1ccc(OCC(=O)O)cc1. The minimum Gasteiger partial charge on any atom is -0.482 e. The van der Waals surface area contributed by atoms with Crippen LogP contribution in [0.1, 0.15) is 54.0 Å². The van der Waals surface area contributed by atoms with Crippen LogP contribution in [0.15, 0.2) is 53.6 Å². The molecule has 2 aromatic rings. The number of rotatable bonds is 11. The zero-order valence-electron chi connectivity index (χ0n) is 20.9. The molecule has 9 nitrogen and oxygen atoms in total. The summed E-state index contributed by atoms with van der Waals surface area (Å²) >= 11 is 0. The first kappa shape index (κ1) is 27.7. The molecule has 0 aliphatic carbocycles. The first-order chi connectivity index (χ1) is 16.3. The third-order valence-electron chi connectivity index (χ3n) is 5.79. The first-order valence-electron chi connectivity index (χ1n) is 11.2. The van der Waals surface area contributed by atoms with Crippen LogP contribution in [-0.2, 0) is 9.32 Å². The number of ether oxygens (including phenoxy) is 1. The fraction of sp³-hybridized carbons (Fsp3) is 0.360. The van der Waals surface area contributed by atoms with Crippen LogP contribution in [-0.4, -0.2) is 49.9 Å². The third-order valence-corrected chi connectivity index (χ3v) is 10.0. The van der Waals surface area contributed by atoms with Crippen LogP contribution in [0.3, 0.4) is 0 Å². The third kappa shape index (κ3) is 8.34. The van der Waals surface area contributed by atoms with E-state index in [0.29, 0.717) is 16.9 Å². The van der Waals surface area contributed by atoms with Crippen molar-refractivity contribution in [2.24, 2.45) is 5.10 Å². The number of carbonyl (C=O) groups is 3. The number of nitrogens with one attached hydrogen (secondary N) is 2.